The van der Waals surface area contributed by atoms with Crippen molar-refractivity contribution in [2.75, 3.05) is 45.4 Å². The Labute approximate surface area is 424 Å². The molecule has 1 unspecified atom stereocenters. The summed E-state index contributed by atoms with van der Waals surface area (Å²) in [7, 11) is -7.82. The largest absolute Gasteiger partial charge is 0.493 e. The number of fused-ring (bicyclic) bond motifs is 1. The molecular weight excluding hydrogens is 1050 g/mol. The Hall–Kier alpha value is -6.64. The van der Waals surface area contributed by atoms with E-state index in [2.05, 4.69) is 35.1 Å². The first-order chi connectivity index (χ1) is 35.3. The number of ether oxygens (including phenoxy) is 7. The number of imidazole rings is 1. The summed E-state index contributed by atoms with van der Waals surface area (Å²) in [4.78, 5) is 109. The molecule has 2 aliphatic heterocycles. The lowest BCUT2D eigenvalue weighted by Gasteiger charge is -2.26. The number of anilines is 2. The van der Waals surface area contributed by atoms with Crippen LogP contribution in [0.2, 0.25) is 0 Å². The SMILES string of the molecule is COc1cc(COC(=O)NCCCC[C@H](NC(=O)OC(C)(C)C)C(=O)O[C@H]2[C@@H](O)[C@H](n3cnc4c(N)ncnc43)O[C@@H]2COP(=O)(O)O[C@H]2C[C@H](n3ccc(N)nc3=O)O[C@@H]2COP(=O)(O)O)c([N+](=O)[O-])cc1OC. The third-order valence-corrected chi connectivity index (χ3v) is 12.4. The monoisotopic (exact) mass is 1100 g/mol. The lowest BCUT2D eigenvalue weighted by molar-refractivity contribution is -0.385. The molecule has 10 N–H and O–H groups in total. The summed E-state index contributed by atoms with van der Waals surface area (Å²) in [6.07, 6.45) is -9.86. The second-order valence-corrected chi connectivity index (χ2v) is 20.1. The summed E-state index contributed by atoms with van der Waals surface area (Å²) in [5, 5.41) is 28.4. The fourth-order valence-corrected chi connectivity index (χ4v) is 8.87. The third-order valence-electron chi connectivity index (χ3n) is 10.9. The maximum atomic E-state index is 14.1. The molecule has 3 aromatic heterocycles. The van der Waals surface area contributed by atoms with Crippen molar-refractivity contribution in [2.45, 2.75) is 108 Å². The van der Waals surface area contributed by atoms with Crippen LogP contribution in [0.4, 0.5) is 26.9 Å². The number of nitrogens with one attached hydrogen (secondary N) is 2. The van der Waals surface area contributed by atoms with Crippen LogP contribution in [0.1, 0.15) is 64.5 Å². The van der Waals surface area contributed by atoms with Crippen molar-refractivity contribution in [3.8, 4) is 11.5 Å². The number of nitro benzene ring substituents is 1. The van der Waals surface area contributed by atoms with Crippen LogP contribution in [0.25, 0.3) is 11.2 Å². The van der Waals surface area contributed by atoms with E-state index in [0.29, 0.717) is 0 Å². The molecule has 0 spiro atoms. The van der Waals surface area contributed by atoms with E-state index in [4.69, 9.17) is 53.7 Å². The predicted molar refractivity (Wildman–Crippen MR) is 251 cm³/mol. The summed E-state index contributed by atoms with van der Waals surface area (Å²) < 4.78 is 81.1. The summed E-state index contributed by atoms with van der Waals surface area (Å²) in [6, 6.07) is 2.16. The number of unbranched alkanes of at least 4 members (excludes halogenated alkanes) is 1. The van der Waals surface area contributed by atoms with Crippen molar-refractivity contribution in [3.05, 3.63) is 63.2 Å². The van der Waals surface area contributed by atoms with Gasteiger partial charge in [0.15, 0.2) is 35.3 Å². The Bertz CT molecular complexity index is 2860. The minimum atomic E-state index is -5.32. The number of alkyl carbamates (subject to hydrolysis) is 2. The van der Waals surface area contributed by atoms with Gasteiger partial charge in [0.05, 0.1) is 50.3 Å². The van der Waals surface area contributed by atoms with E-state index in [0.717, 1.165) is 17.0 Å². The van der Waals surface area contributed by atoms with Crippen LogP contribution in [0, 0.1) is 10.1 Å². The Kier molecular flexibility index (Phi) is 18.7. The fourth-order valence-electron chi connectivity index (χ4n) is 7.57. The maximum Gasteiger partial charge on any atom is 0.472 e. The molecular formula is C40H55N11O22P2. The number of phosphoric acid groups is 2. The van der Waals surface area contributed by atoms with Crippen LogP contribution in [-0.4, -0.2) is 148 Å². The molecule has 6 rings (SSSR count). The first kappa shape index (κ1) is 57.6. The van der Waals surface area contributed by atoms with Crippen molar-refractivity contribution in [1.82, 2.24) is 39.7 Å². The highest BCUT2D eigenvalue weighted by atomic mass is 31.2. The Morgan fingerprint density at radius 3 is 2.36 bits per heavy atom. The zero-order valence-corrected chi connectivity index (χ0v) is 42.3. The van der Waals surface area contributed by atoms with Crippen molar-refractivity contribution in [2.24, 2.45) is 0 Å². The van der Waals surface area contributed by atoms with Crippen molar-refractivity contribution < 1.29 is 95.0 Å². The van der Waals surface area contributed by atoms with Gasteiger partial charge in [0.25, 0.3) is 5.69 Å². The number of phosphoric ester groups is 2. The number of aliphatic hydroxyl groups excluding tert-OH is 1. The molecule has 75 heavy (non-hydrogen) atoms. The number of methoxy groups -OCH3 is 2. The van der Waals surface area contributed by atoms with Crippen LogP contribution < -0.4 is 37.3 Å². The van der Waals surface area contributed by atoms with E-state index < -0.39 is 125 Å². The quantitative estimate of drug-likeness (QED) is 0.0129. The van der Waals surface area contributed by atoms with Crippen LogP contribution in [0.3, 0.4) is 0 Å². The molecule has 35 heteroatoms. The standard InChI is InChI=1S/C40H55N11O22P2/c1-40(2,3)72-39(56)47-21(8-6-7-10-43-38(55)66-15-20-12-23(64-4)24(65-5)13-22(20)51(57)58)36(53)71-32-27(70-35(31(32)52)50-19-46-30-33(42)44-18-45-34(30)50)17-68-75(62,63)73-25-14-29(49-11-9-28(41)48-37(49)54)69-26(25)16-67-74(59,60)61/h9,11-13,18-19,21,25-27,29,31-32,35,52H,6-8,10,14-17H2,1-5H3,(H,43,55)(H,47,56)(H,62,63)(H2,41,48,54)(H2,42,44,45)(H2,59,60,61)/t21-,25-,26+,27+,29+,31+,32+,35+/m0/s1. The van der Waals surface area contributed by atoms with Gasteiger partial charge in [-0.2, -0.15) is 4.98 Å². The molecule has 9 atom stereocenters. The molecule has 5 heterocycles. The second-order valence-electron chi connectivity index (χ2n) is 17.4. The number of benzene rings is 1. The van der Waals surface area contributed by atoms with Crippen LogP contribution in [-0.2, 0) is 57.8 Å². The molecule has 0 aliphatic carbocycles. The highest BCUT2D eigenvalue weighted by molar-refractivity contribution is 7.47. The molecule has 4 aromatic rings. The van der Waals surface area contributed by atoms with Gasteiger partial charge in [-0.3, -0.25) is 32.8 Å². The minimum absolute atomic E-state index is 0.0135. The summed E-state index contributed by atoms with van der Waals surface area (Å²) in [6.45, 7) is 2.28. The number of nitro groups is 1. The van der Waals surface area contributed by atoms with Gasteiger partial charge in [0.1, 0.15) is 66.6 Å². The van der Waals surface area contributed by atoms with E-state index >= 15 is 0 Å². The number of nitrogen functional groups attached to an aromatic ring is 2. The zero-order valence-electron chi connectivity index (χ0n) is 40.6. The maximum absolute atomic E-state index is 14.1. The highest BCUT2D eigenvalue weighted by Crippen LogP contribution is 2.50. The zero-order chi connectivity index (χ0) is 55.0. The fraction of sp³-hybridized carbons (Fsp3) is 0.550. The number of aliphatic hydroxyl groups is 1. The van der Waals surface area contributed by atoms with E-state index in [1.165, 1.54) is 43.4 Å². The van der Waals surface area contributed by atoms with Crippen LogP contribution in [0.5, 0.6) is 11.5 Å². The number of nitrogens with zero attached hydrogens (tertiary/aromatic N) is 7. The molecule has 0 saturated carbocycles. The van der Waals surface area contributed by atoms with Gasteiger partial charge in [-0.15, -0.1) is 0 Å². The third kappa shape index (κ3) is 15.5. The molecule has 1 aromatic carbocycles. The van der Waals surface area contributed by atoms with E-state index in [-0.39, 0.29) is 71.4 Å². The van der Waals surface area contributed by atoms with E-state index in [9.17, 15) is 58.2 Å². The molecule has 2 fully saturated rings. The number of aromatic nitrogens is 6. The molecule has 2 aliphatic rings. The van der Waals surface area contributed by atoms with Gasteiger partial charge >= 0.3 is 39.5 Å². The smallest absolute Gasteiger partial charge is 0.472 e. The van der Waals surface area contributed by atoms with Gasteiger partial charge in [-0.25, -0.2) is 43.3 Å². The molecule has 33 nitrogen and oxygen atoms in total. The Balaban J connectivity index is 1.16. The summed E-state index contributed by atoms with van der Waals surface area (Å²) >= 11 is 0. The Morgan fingerprint density at radius 2 is 1.69 bits per heavy atom. The van der Waals surface area contributed by atoms with Crippen molar-refractivity contribution in [3.63, 3.8) is 0 Å². The van der Waals surface area contributed by atoms with Gasteiger partial charge < -0.3 is 75.0 Å². The number of amides is 2. The number of rotatable bonds is 23. The number of carbonyl (C=O) groups is 3. The molecule has 2 amide bonds. The van der Waals surface area contributed by atoms with Gasteiger partial charge in [-0.05, 0) is 52.2 Å². The van der Waals surface area contributed by atoms with Crippen molar-refractivity contribution >= 4 is 62.3 Å². The predicted octanol–water partition coefficient (Wildman–Crippen LogP) is 1.23. The molecule has 412 valence electrons. The first-order valence-corrected chi connectivity index (χ1v) is 25.4. The average molecular weight is 1100 g/mol. The number of hydrogen-bond donors (Lipinski definition) is 8. The highest BCUT2D eigenvalue weighted by Gasteiger charge is 2.50. The first-order valence-electron chi connectivity index (χ1n) is 22.4. The minimum Gasteiger partial charge on any atom is -0.493 e. The second kappa shape index (κ2) is 24.4. The normalized spacial score (nSPS) is 22.0. The van der Waals surface area contributed by atoms with Gasteiger partial charge in [-0.1, -0.05) is 0 Å². The molecule has 2 saturated heterocycles. The van der Waals surface area contributed by atoms with Crippen LogP contribution >= 0.6 is 15.6 Å². The number of esters is 1. The lowest BCUT2D eigenvalue weighted by Crippen LogP contribution is -2.47. The number of nitrogens with two attached hydrogens (primary N) is 2. The Morgan fingerprint density at radius 1 is 0.987 bits per heavy atom. The van der Waals surface area contributed by atoms with E-state index in [1.54, 1.807) is 20.8 Å². The van der Waals surface area contributed by atoms with Crippen molar-refractivity contribution in [1.29, 1.82) is 0 Å². The van der Waals surface area contributed by atoms with Crippen LogP contribution in [0.15, 0.2) is 41.8 Å². The van der Waals surface area contributed by atoms with Gasteiger partial charge in [0, 0.05) is 19.2 Å². The summed E-state index contributed by atoms with van der Waals surface area (Å²) in [5.74, 6) is -1.10. The molecule has 0 radical (unpaired) electrons. The number of hydrogen-bond acceptors (Lipinski definition) is 25. The average Bonchev–Trinajstić information content (AvgIpc) is 4.02. The lowest BCUT2D eigenvalue weighted by atomic mass is 10.1. The van der Waals surface area contributed by atoms with E-state index in [1.807, 2.05) is 0 Å². The topological polar surface area (TPSA) is 456 Å². The molecule has 0 bridgehead atoms. The number of carbonyl (C=O) groups excluding carboxylic acids is 3. The summed E-state index contributed by atoms with van der Waals surface area (Å²) in [5.41, 5.74) is 9.39. The van der Waals surface area contributed by atoms with Gasteiger partial charge in [0.2, 0.25) is 0 Å².